The maximum Gasteiger partial charge on any atom is 0.335 e. The van der Waals surface area contributed by atoms with Crippen LogP contribution in [0.2, 0.25) is 0 Å². The van der Waals surface area contributed by atoms with Gasteiger partial charge in [0.05, 0.1) is 12.2 Å². The molecule has 2 N–H and O–H groups in total. The van der Waals surface area contributed by atoms with Gasteiger partial charge in [-0.3, -0.25) is 0 Å². The molecule has 20 heavy (non-hydrogen) atoms. The SMILES string of the molecule is CCOc1ccc(CNc2cccc(C(=O)O)c2)cc1. The summed E-state index contributed by atoms with van der Waals surface area (Å²) >= 11 is 0. The highest BCUT2D eigenvalue weighted by Crippen LogP contribution is 2.15. The first-order valence-electron chi connectivity index (χ1n) is 6.48. The monoisotopic (exact) mass is 271 g/mol. The molecule has 4 heteroatoms. The molecule has 0 amide bonds. The van der Waals surface area contributed by atoms with Crippen LogP contribution in [-0.4, -0.2) is 17.7 Å². The molecule has 0 aliphatic carbocycles. The van der Waals surface area contributed by atoms with E-state index >= 15 is 0 Å². The van der Waals surface area contributed by atoms with Gasteiger partial charge in [0.25, 0.3) is 0 Å². The molecule has 0 aliphatic rings. The summed E-state index contributed by atoms with van der Waals surface area (Å²) in [4.78, 5) is 10.9. The highest BCUT2D eigenvalue weighted by molar-refractivity contribution is 5.88. The molecule has 2 aromatic carbocycles. The Morgan fingerprint density at radius 1 is 1.20 bits per heavy atom. The quantitative estimate of drug-likeness (QED) is 0.845. The molecule has 0 saturated carbocycles. The number of hydrogen-bond donors (Lipinski definition) is 2. The number of carbonyl (C=O) groups is 1. The molecular weight excluding hydrogens is 254 g/mol. The zero-order valence-electron chi connectivity index (χ0n) is 11.3. The van der Waals surface area contributed by atoms with E-state index in [2.05, 4.69) is 5.32 Å². The van der Waals surface area contributed by atoms with Crippen molar-refractivity contribution < 1.29 is 14.6 Å². The molecule has 0 spiro atoms. The number of hydrogen-bond acceptors (Lipinski definition) is 3. The van der Waals surface area contributed by atoms with Crippen molar-refractivity contribution in [3.05, 3.63) is 59.7 Å². The van der Waals surface area contributed by atoms with E-state index in [9.17, 15) is 4.79 Å². The van der Waals surface area contributed by atoms with Gasteiger partial charge in [-0.2, -0.15) is 0 Å². The largest absolute Gasteiger partial charge is 0.494 e. The first kappa shape index (κ1) is 13.9. The molecule has 2 rings (SSSR count). The minimum Gasteiger partial charge on any atom is -0.494 e. The molecule has 0 atom stereocenters. The summed E-state index contributed by atoms with van der Waals surface area (Å²) < 4.78 is 5.38. The number of anilines is 1. The second kappa shape index (κ2) is 6.61. The van der Waals surface area contributed by atoms with Crippen LogP contribution in [0.15, 0.2) is 48.5 Å². The molecule has 2 aromatic rings. The lowest BCUT2D eigenvalue weighted by Gasteiger charge is -2.08. The molecule has 4 nitrogen and oxygen atoms in total. The van der Waals surface area contributed by atoms with Crippen LogP contribution < -0.4 is 10.1 Å². The van der Waals surface area contributed by atoms with Gasteiger partial charge in [-0.25, -0.2) is 4.79 Å². The average molecular weight is 271 g/mol. The molecular formula is C16H17NO3. The number of ether oxygens (including phenoxy) is 1. The smallest absolute Gasteiger partial charge is 0.335 e. The molecule has 0 bridgehead atoms. The van der Waals surface area contributed by atoms with Gasteiger partial charge in [0.1, 0.15) is 5.75 Å². The lowest BCUT2D eigenvalue weighted by molar-refractivity contribution is 0.0697. The van der Waals surface area contributed by atoms with Crippen LogP contribution in [0.5, 0.6) is 5.75 Å². The number of carboxylic acid groups (broad SMARTS) is 1. The number of rotatable bonds is 6. The zero-order valence-corrected chi connectivity index (χ0v) is 11.3. The molecule has 104 valence electrons. The molecule has 0 saturated heterocycles. The van der Waals surface area contributed by atoms with Crippen molar-refractivity contribution in [2.75, 3.05) is 11.9 Å². The van der Waals surface area contributed by atoms with Gasteiger partial charge in [0.15, 0.2) is 0 Å². The van der Waals surface area contributed by atoms with Gasteiger partial charge >= 0.3 is 5.97 Å². The van der Waals surface area contributed by atoms with Crippen molar-refractivity contribution in [3.63, 3.8) is 0 Å². The summed E-state index contributed by atoms with van der Waals surface area (Å²) in [5, 5.41) is 12.1. The van der Waals surface area contributed by atoms with Crippen LogP contribution in [0.3, 0.4) is 0 Å². The van der Waals surface area contributed by atoms with Crippen molar-refractivity contribution in [1.82, 2.24) is 0 Å². The number of benzene rings is 2. The van der Waals surface area contributed by atoms with E-state index < -0.39 is 5.97 Å². The minimum atomic E-state index is -0.922. The Kier molecular flexibility index (Phi) is 4.60. The van der Waals surface area contributed by atoms with Gasteiger partial charge in [-0.15, -0.1) is 0 Å². The van der Waals surface area contributed by atoms with Gasteiger partial charge in [0, 0.05) is 12.2 Å². The second-order valence-corrected chi connectivity index (χ2v) is 4.32. The fourth-order valence-electron chi connectivity index (χ4n) is 1.84. The van der Waals surface area contributed by atoms with Crippen LogP contribution in [-0.2, 0) is 6.54 Å². The first-order valence-corrected chi connectivity index (χ1v) is 6.48. The van der Waals surface area contributed by atoms with Crippen LogP contribution in [0, 0.1) is 0 Å². The van der Waals surface area contributed by atoms with Crippen LogP contribution in [0.25, 0.3) is 0 Å². The second-order valence-electron chi connectivity index (χ2n) is 4.32. The Balaban J connectivity index is 1.97. The summed E-state index contributed by atoms with van der Waals surface area (Å²) in [5.74, 6) is -0.0705. The molecule has 0 radical (unpaired) electrons. The third-order valence-corrected chi connectivity index (χ3v) is 2.84. The fraction of sp³-hybridized carbons (Fsp3) is 0.188. The standard InChI is InChI=1S/C16H17NO3/c1-2-20-15-8-6-12(7-9-15)11-17-14-5-3-4-13(10-14)16(18)19/h3-10,17H,2,11H2,1H3,(H,18,19). The predicted molar refractivity (Wildman–Crippen MR) is 78.3 cm³/mol. The first-order chi connectivity index (χ1) is 9.69. The van der Waals surface area contributed by atoms with Crippen LogP contribution in [0.1, 0.15) is 22.8 Å². The minimum absolute atomic E-state index is 0.279. The summed E-state index contributed by atoms with van der Waals surface area (Å²) in [6.45, 7) is 3.24. The van der Waals surface area contributed by atoms with Gasteiger partial charge in [-0.05, 0) is 42.8 Å². The zero-order chi connectivity index (χ0) is 14.4. The van der Waals surface area contributed by atoms with Crippen molar-refractivity contribution in [1.29, 1.82) is 0 Å². The number of nitrogens with one attached hydrogen (secondary N) is 1. The fourth-order valence-corrected chi connectivity index (χ4v) is 1.84. The summed E-state index contributed by atoms with van der Waals surface area (Å²) in [6.07, 6.45) is 0. The molecule has 0 unspecified atom stereocenters. The lowest BCUT2D eigenvalue weighted by Crippen LogP contribution is -2.02. The molecule has 0 aromatic heterocycles. The van der Waals surface area contributed by atoms with Gasteiger partial charge < -0.3 is 15.2 Å². The van der Waals surface area contributed by atoms with E-state index in [1.165, 1.54) is 0 Å². The normalized spacial score (nSPS) is 10.1. The number of carboxylic acids is 1. The van der Waals surface area contributed by atoms with Gasteiger partial charge in [0.2, 0.25) is 0 Å². The third kappa shape index (κ3) is 3.75. The summed E-state index contributed by atoms with van der Waals surface area (Å²) in [6, 6.07) is 14.6. The predicted octanol–water partition coefficient (Wildman–Crippen LogP) is 3.40. The maximum absolute atomic E-state index is 10.9. The molecule has 0 heterocycles. The van der Waals surface area contributed by atoms with Crippen molar-refractivity contribution in [2.45, 2.75) is 13.5 Å². The average Bonchev–Trinajstić information content (AvgIpc) is 2.47. The van der Waals surface area contributed by atoms with Gasteiger partial charge in [-0.1, -0.05) is 18.2 Å². The van der Waals surface area contributed by atoms with E-state index in [-0.39, 0.29) is 5.56 Å². The van der Waals surface area contributed by atoms with Crippen LogP contribution in [0.4, 0.5) is 5.69 Å². The molecule has 0 fully saturated rings. The van der Waals surface area contributed by atoms with E-state index in [1.807, 2.05) is 37.3 Å². The van der Waals surface area contributed by atoms with Crippen molar-refractivity contribution >= 4 is 11.7 Å². The van der Waals surface area contributed by atoms with E-state index in [4.69, 9.17) is 9.84 Å². The van der Waals surface area contributed by atoms with Crippen molar-refractivity contribution in [2.24, 2.45) is 0 Å². The Hall–Kier alpha value is -2.49. The Morgan fingerprint density at radius 2 is 1.95 bits per heavy atom. The summed E-state index contributed by atoms with van der Waals surface area (Å²) in [7, 11) is 0. The Morgan fingerprint density at radius 3 is 2.60 bits per heavy atom. The van der Waals surface area contributed by atoms with E-state index in [0.717, 1.165) is 17.0 Å². The third-order valence-electron chi connectivity index (χ3n) is 2.84. The van der Waals surface area contributed by atoms with E-state index in [0.29, 0.717) is 13.2 Å². The topological polar surface area (TPSA) is 58.6 Å². The Labute approximate surface area is 118 Å². The van der Waals surface area contributed by atoms with E-state index in [1.54, 1.807) is 18.2 Å². The Bertz CT molecular complexity index is 579. The highest BCUT2D eigenvalue weighted by atomic mass is 16.5. The maximum atomic E-state index is 10.9. The summed E-state index contributed by atoms with van der Waals surface area (Å²) in [5.41, 5.74) is 2.18. The number of aromatic carboxylic acids is 1. The highest BCUT2D eigenvalue weighted by Gasteiger charge is 2.03. The van der Waals surface area contributed by atoms with Crippen molar-refractivity contribution in [3.8, 4) is 5.75 Å². The lowest BCUT2D eigenvalue weighted by atomic mass is 10.2. The molecule has 0 aliphatic heterocycles. The van der Waals surface area contributed by atoms with Crippen LogP contribution >= 0.6 is 0 Å².